The maximum atomic E-state index is 12.7. The normalized spacial score (nSPS) is 22.8. The van der Waals surface area contributed by atoms with Gasteiger partial charge in [-0.05, 0) is 30.7 Å². The molecule has 1 nitrogen and oxygen atoms in total. The summed E-state index contributed by atoms with van der Waals surface area (Å²) in [5.74, 6) is -0.142. The van der Waals surface area contributed by atoms with Crippen molar-refractivity contribution >= 4 is 0 Å². The summed E-state index contributed by atoms with van der Waals surface area (Å²) in [7, 11) is 0. The Morgan fingerprint density at radius 2 is 2.27 bits per heavy atom. The molecule has 1 N–H and O–H groups in total. The molecule has 0 unspecified atom stereocenters. The third kappa shape index (κ3) is 1.26. The molecule has 1 aromatic carbocycles. The van der Waals surface area contributed by atoms with Crippen molar-refractivity contribution < 1.29 is 4.39 Å². The van der Waals surface area contributed by atoms with E-state index in [1.54, 1.807) is 12.1 Å². The first-order valence-corrected chi connectivity index (χ1v) is 3.85. The molecule has 0 bridgehead atoms. The molecule has 1 aliphatic heterocycles. The Morgan fingerprint density at radius 1 is 1.45 bits per heavy atom. The molecule has 0 aliphatic carbocycles. The zero-order chi connectivity index (χ0) is 7.68. The number of benzene rings is 1. The lowest BCUT2D eigenvalue weighted by Gasteiger charge is -2.27. The molecule has 0 amide bonds. The van der Waals surface area contributed by atoms with Crippen molar-refractivity contribution in [1.82, 2.24) is 5.32 Å². The average molecular weight is 151 g/mol. The van der Waals surface area contributed by atoms with Crippen LogP contribution in [0.4, 0.5) is 4.39 Å². The third-order valence-electron chi connectivity index (χ3n) is 2.07. The predicted molar refractivity (Wildman–Crippen MR) is 41.8 cm³/mol. The van der Waals surface area contributed by atoms with Crippen LogP contribution in [0.25, 0.3) is 0 Å². The number of hydrogen-bond donors (Lipinski definition) is 1. The molecule has 0 spiro atoms. The molecule has 2 rings (SSSR count). The van der Waals surface area contributed by atoms with Crippen molar-refractivity contribution in [3.8, 4) is 0 Å². The Hall–Kier alpha value is -0.890. The van der Waals surface area contributed by atoms with Gasteiger partial charge in [-0.15, -0.1) is 0 Å². The van der Waals surface area contributed by atoms with Crippen molar-refractivity contribution in [2.24, 2.45) is 0 Å². The summed E-state index contributed by atoms with van der Waals surface area (Å²) in [4.78, 5) is 0. The zero-order valence-corrected chi connectivity index (χ0v) is 6.18. The number of halogens is 1. The molecule has 1 atom stereocenters. The smallest absolute Gasteiger partial charge is 0.123 e. The predicted octanol–water partition coefficient (Wildman–Crippen LogP) is 1.86. The summed E-state index contributed by atoms with van der Waals surface area (Å²) in [5.41, 5.74) is 1.07. The van der Waals surface area contributed by atoms with Crippen molar-refractivity contribution in [2.45, 2.75) is 12.5 Å². The molecular weight excluding hydrogens is 141 g/mol. The largest absolute Gasteiger partial charge is 0.310 e. The Balaban J connectivity index is 2.23. The van der Waals surface area contributed by atoms with Crippen LogP contribution in [-0.2, 0) is 0 Å². The minimum Gasteiger partial charge on any atom is -0.310 e. The van der Waals surface area contributed by atoms with Gasteiger partial charge >= 0.3 is 0 Å². The van der Waals surface area contributed by atoms with Crippen molar-refractivity contribution in [1.29, 1.82) is 0 Å². The standard InChI is InChI=1S/C9H10FN/c10-8-3-1-2-7(6-8)9-4-5-11-9/h1-3,6,9,11H,4-5H2/t9-/m0/s1. The van der Waals surface area contributed by atoms with Gasteiger partial charge in [0.25, 0.3) is 0 Å². The van der Waals surface area contributed by atoms with Gasteiger partial charge in [0.1, 0.15) is 5.82 Å². The lowest BCUT2D eigenvalue weighted by molar-refractivity contribution is 0.382. The highest BCUT2D eigenvalue weighted by Gasteiger charge is 2.17. The SMILES string of the molecule is Fc1cccc([C@@H]2CCN2)c1. The van der Waals surface area contributed by atoms with Crippen LogP contribution in [0.5, 0.6) is 0 Å². The lowest BCUT2D eigenvalue weighted by atomic mass is 9.98. The quantitative estimate of drug-likeness (QED) is 0.646. The van der Waals surface area contributed by atoms with E-state index >= 15 is 0 Å². The summed E-state index contributed by atoms with van der Waals surface area (Å²) in [6.07, 6.45) is 1.13. The average Bonchev–Trinajstić information content (AvgIpc) is 1.83. The topological polar surface area (TPSA) is 12.0 Å². The summed E-state index contributed by atoms with van der Waals surface area (Å²) >= 11 is 0. The molecule has 1 saturated heterocycles. The minimum absolute atomic E-state index is 0.142. The first-order valence-electron chi connectivity index (χ1n) is 3.85. The highest BCUT2D eigenvalue weighted by molar-refractivity contribution is 5.21. The van der Waals surface area contributed by atoms with Gasteiger partial charge in [-0.3, -0.25) is 0 Å². The van der Waals surface area contributed by atoms with Crippen LogP contribution in [0.1, 0.15) is 18.0 Å². The third-order valence-corrected chi connectivity index (χ3v) is 2.07. The van der Waals surface area contributed by atoms with Crippen molar-refractivity contribution in [2.75, 3.05) is 6.54 Å². The van der Waals surface area contributed by atoms with Crippen LogP contribution in [0.2, 0.25) is 0 Å². The Labute approximate surface area is 65.2 Å². The molecule has 58 valence electrons. The van der Waals surface area contributed by atoms with Crippen LogP contribution in [-0.4, -0.2) is 6.54 Å². The van der Waals surface area contributed by atoms with E-state index in [1.165, 1.54) is 6.07 Å². The molecule has 1 aliphatic rings. The molecule has 0 saturated carbocycles. The van der Waals surface area contributed by atoms with Crippen molar-refractivity contribution in [3.05, 3.63) is 35.6 Å². The number of nitrogens with one attached hydrogen (secondary N) is 1. The fourth-order valence-electron chi connectivity index (χ4n) is 1.30. The highest BCUT2D eigenvalue weighted by atomic mass is 19.1. The Kier molecular flexibility index (Phi) is 1.62. The van der Waals surface area contributed by atoms with Crippen LogP contribution in [0.3, 0.4) is 0 Å². The van der Waals surface area contributed by atoms with E-state index in [0.717, 1.165) is 18.5 Å². The van der Waals surface area contributed by atoms with Crippen LogP contribution in [0, 0.1) is 5.82 Å². The second kappa shape index (κ2) is 2.62. The van der Waals surface area contributed by atoms with Gasteiger partial charge in [-0.2, -0.15) is 0 Å². The first-order chi connectivity index (χ1) is 5.36. The van der Waals surface area contributed by atoms with Gasteiger partial charge in [-0.1, -0.05) is 12.1 Å². The van der Waals surface area contributed by atoms with Gasteiger partial charge < -0.3 is 5.32 Å². The van der Waals surface area contributed by atoms with Crippen LogP contribution >= 0.6 is 0 Å². The summed E-state index contributed by atoms with van der Waals surface area (Å²) in [6.45, 7) is 1.06. The molecule has 0 radical (unpaired) electrons. The first kappa shape index (κ1) is 6.80. The molecule has 1 heterocycles. The fraction of sp³-hybridized carbons (Fsp3) is 0.333. The van der Waals surface area contributed by atoms with E-state index < -0.39 is 0 Å². The van der Waals surface area contributed by atoms with Crippen LogP contribution in [0.15, 0.2) is 24.3 Å². The van der Waals surface area contributed by atoms with Crippen molar-refractivity contribution in [3.63, 3.8) is 0 Å². The molecule has 11 heavy (non-hydrogen) atoms. The summed E-state index contributed by atoms with van der Waals surface area (Å²) < 4.78 is 12.7. The second-order valence-corrected chi connectivity index (χ2v) is 2.85. The van der Waals surface area contributed by atoms with Gasteiger partial charge in [0, 0.05) is 6.04 Å². The minimum atomic E-state index is -0.142. The molecule has 1 aromatic rings. The van der Waals surface area contributed by atoms with Gasteiger partial charge in [0.15, 0.2) is 0 Å². The Morgan fingerprint density at radius 3 is 2.82 bits per heavy atom. The number of rotatable bonds is 1. The maximum absolute atomic E-state index is 12.7. The van der Waals surface area contributed by atoms with E-state index in [9.17, 15) is 4.39 Å². The molecule has 2 heteroatoms. The number of hydrogen-bond acceptors (Lipinski definition) is 1. The van der Waals surface area contributed by atoms with E-state index in [-0.39, 0.29) is 5.82 Å². The van der Waals surface area contributed by atoms with E-state index in [1.807, 2.05) is 6.07 Å². The van der Waals surface area contributed by atoms with Crippen LogP contribution < -0.4 is 5.32 Å². The van der Waals surface area contributed by atoms with E-state index in [4.69, 9.17) is 0 Å². The monoisotopic (exact) mass is 151 g/mol. The maximum Gasteiger partial charge on any atom is 0.123 e. The van der Waals surface area contributed by atoms with Gasteiger partial charge in [0.2, 0.25) is 0 Å². The molecule has 0 aromatic heterocycles. The fourth-order valence-corrected chi connectivity index (χ4v) is 1.30. The molecular formula is C9H10FN. The molecule has 1 fully saturated rings. The zero-order valence-electron chi connectivity index (χ0n) is 6.18. The summed E-state index contributed by atoms with van der Waals surface area (Å²) in [6, 6.07) is 7.18. The van der Waals surface area contributed by atoms with Gasteiger partial charge in [0.05, 0.1) is 0 Å². The highest BCUT2D eigenvalue weighted by Crippen LogP contribution is 2.22. The van der Waals surface area contributed by atoms with E-state index in [2.05, 4.69) is 5.32 Å². The summed E-state index contributed by atoms with van der Waals surface area (Å²) in [5, 5.41) is 3.22. The lowest BCUT2D eigenvalue weighted by Crippen LogP contribution is -2.34. The Bertz CT molecular complexity index is 255. The van der Waals surface area contributed by atoms with Gasteiger partial charge in [-0.25, -0.2) is 4.39 Å². The van der Waals surface area contributed by atoms with E-state index in [0.29, 0.717) is 6.04 Å². The second-order valence-electron chi connectivity index (χ2n) is 2.85.